The highest BCUT2D eigenvalue weighted by molar-refractivity contribution is 5.86. The van der Waals surface area contributed by atoms with E-state index in [2.05, 4.69) is 5.18 Å². The van der Waals surface area contributed by atoms with Gasteiger partial charge in [0.05, 0.1) is 24.7 Å². The minimum atomic E-state index is -0.246. The molecule has 0 saturated heterocycles. The van der Waals surface area contributed by atoms with E-state index >= 15 is 0 Å². The lowest BCUT2D eigenvalue weighted by Gasteiger charge is -2.16. The van der Waals surface area contributed by atoms with Gasteiger partial charge in [0, 0.05) is 5.39 Å². The van der Waals surface area contributed by atoms with Crippen LogP contribution in [0.25, 0.3) is 10.9 Å². The van der Waals surface area contributed by atoms with E-state index < -0.39 is 0 Å². The lowest BCUT2D eigenvalue weighted by atomic mass is 10.1. The maximum absolute atomic E-state index is 12.8. The van der Waals surface area contributed by atoms with E-state index in [1.54, 1.807) is 4.57 Å². The van der Waals surface area contributed by atoms with Crippen LogP contribution in [0.1, 0.15) is 11.1 Å². The molecule has 5 nitrogen and oxygen atoms in total. The molecule has 0 amide bonds. The van der Waals surface area contributed by atoms with Gasteiger partial charge in [-0.05, 0) is 17.7 Å². The minimum Gasteiger partial charge on any atom is -0.495 e. The third-order valence-electron chi connectivity index (χ3n) is 3.83. The number of nitrogens with zero attached hydrogens (tertiary/aromatic N) is 2. The molecule has 0 saturated carbocycles. The molecule has 0 atom stereocenters. The van der Waals surface area contributed by atoms with Crippen molar-refractivity contribution in [3.05, 3.63) is 81.0 Å². The number of rotatable bonds is 5. The van der Waals surface area contributed by atoms with Crippen molar-refractivity contribution in [1.82, 2.24) is 4.57 Å². The van der Waals surface area contributed by atoms with Gasteiger partial charge < -0.3 is 9.30 Å². The van der Waals surface area contributed by atoms with Crippen LogP contribution in [0.4, 0.5) is 0 Å². The molecule has 1 aromatic heterocycles. The molecule has 2 aromatic carbocycles. The van der Waals surface area contributed by atoms with Gasteiger partial charge in [-0.25, -0.2) is 0 Å². The molecule has 0 N–H and O–H groups in total. The fourth-order valence-electron chi connectivity index (χ4n) is 2.79. The molecule has 0 aliphatic rings. The Bertz CT molecular complexity index is 901. The van der Waals surface area contributed by atoms with E-state index in [1.807, 2.05) is 54.6 Å². The zero-order valence-electron chi connectivity index (χ0n) is 12.7. The Labute approximate surface area is 133 Å². The number of ether oxygens (including phenoxy) is 1. The molecular formula is C18H16N2O3. The molecule has 0 aliphatic heterocycles. The summed E-state index contributed by atoms with van der Waals surface area (Å²) in [4.78, 5) is 23.6. The van der Waals surface area contributed by atoms with E-state index in [0.29, 0.717) is 12.3 Å². The second-order valence-electron chi connectivity index (χ2n) is 5.19. The Balaban J connectivity index is 2.30. The van der Waals surface area contributed by atoms with Crippen molar-refractivity contribution in [3.63, 3.8) is 0 Å². The number of nitroso groups, excluding NO2 is 1. The smallest absolute Gasteiger partial charge is 0.260 e. The first kappa shape index (κ1) is 15.0. The Morgan fingerprint density at radius 1 is 1.04 bits per heavy atom. The zero-order chi connectivity index (χ0) is 16.2. The molecule has 1 heterocycles. The number of aromatic nitrogens is 1. The van der Waals surface area contributed by atoms with E-state index in [4.69, 9.17) is 4.74 Å². The number of methoxy groups -OCH3 is 1. The van der Waals surface area contributed by atoms with E-state index in [0.717, 1.165) is 16.5 Å². The third kappa shape index (κ3) is 2.73. The van der Waals surface area contributed by atoms with Crippen LogP contribution in [0.5, 0.6) is 5.75 Å². The maximum Gasteiger partial charge on any atom is 0.260 e. The quantitative estimate of drug-likeness (QED) is 0.679. The molecule has 0 bridgehead atoms. The summed E-state index contributed by atoms with van der Waals surface area (Å²) in [7, 11) is 1.50. The second-order valence-corrected chi connectivity index (χ2v) is 5.19. The van der Waals surface area contributed by atoms with Crippen LogP contribution in [-0.2, 0) is 13.1 Å². The SMILES string of the molecule is COc1c(CN=O)c(=O)n(Cc2ccccc2)c2ccccc12. The molecule has 23 heavy (non-hydrogen) atoms. The Morgan fingerprint density at radius 2 is 1.74 bits per heavy atom. The van der Waals surface area contributed by atoms with Crippen LogP contribution in [0, 0.1) is 4.91 Å². The van der Waals surface area contributed by atoms with Gasteiger partial charge in [-0.3, -0.25) is 4.79 Å². The monoisotopic (exact) mass is 308 g/mol. The van der Waals surface area contributed by atoms with Gasteiger partial charge in [-0.2, -0.15) is 4.91 Å². The molecule has 5 heteroatoms. The standard InChI is InChI=1S/C18H16N2O3/c1-23-17-14-9-5-6-10-16(14)20(18(21)15(17)11-19-22)12-13-7-3-2-4-8-13/h2-10H,11-12H2,1H3. The van der Waals surface area contributed by atoms with E-state index in [-0.39, 0.29) is 17.7 Å². The van der Waals surface area contributed by atoms with Gasteiger partial charge in [0.25, 0.3) is 5.56 Å². The first-order valence-corrected chi connectivity index (χ1v) is 7.27. The van der Waals surface area contributed by atoms with Gasteiger partial charge >= 0.3 is 0 Å². The fourth-order valence-corrected chi connectivity index (χ4v) is 2.79. The Hall–Kier alpha value is -2.95. The predicted octanol–water partition coefficient (Wildman–Crippen LogP) is 3.32. The van der Waals surface area contributed by atoms with Crippen molar-refractivity contribution in [2.24, 2.45) is 5.18 Å². The molecule has 0 radical (unpaired) electrons. The second kappa shape index (κ2) is 6.44. The largest absolute Gasteiger partial charge is 0.495 e. The highest BCUT2D eigenvalue weighted by atomic mass is 16.5. The van der Waals surface area contributed by atoms with Crippen molar-refractivity contribution in [3.8, 4) is 5.75 Å². The summed E-state index contributed by atoms with van der Waals surface area (Å²) in [5.74, 6) is 0.425. The molecule has 116 valence electrons. The molecule has 0 fully saturated rings. The summed E-state index contributed by atoms with van der Waals surface area (Å²) < 4.78 is 7.05. The number of pyridine rings is 1. The zero-order valence-corrected chi connectivity index (χ0v) is 12.7. The van der Waals surface area contributed by atoms with Crippen molar-refractivity contribution in [2.75, 3.05) is 7.11 Å². The first-order chi connectivity index (χ1) is 11.3. The van der Waals surface area contributed by atoms with Gasteiger partial charge in [0.15, 0.2) is 0 Å². The van der Waals surface area contributed by atoms with Gasteiger partial charge in [-0.1, -0.05) is 47.6 Å². The van der Waals surface area contributed by atoms with Crippen molar-refractivity contribution >= 4 is 10.9 Å². The molecular weight excluding hydrogens is 292 g/mol. The van der Waals surface area contributed by atoms with Crippen molar-refractivity contribution in [1.29, 1.82) is 0 Å². The summed E-state index contributed by atoms with van der Waals surface area (Å²) in [5, 5.41) is 3.68. The molecule has 0 aliphatic carbocycles. The Kier molecular flexibility index (Phi) is 4.19. The normalized spacial score (nSPS) is 10.7. The summed E-state index contributed by atoms with van der Waals surface area (Å²) in [5.41, 5.74) is 1.82. The van der Waals surface area contributed by atoms with Crippen molar-refractivity contribution < 1.29 is 4.74 Å². The topological polar surface area (TPSA) is 60.7 Å². The number of hydrogen-bond acceptors (Lipinski definition) is 4. The van der Waals surface area contributed by atoms with Crippen molar-refractivity contribution in [2.45, 2.75) is 13.1 Å². The minimum absolute atomic E-state index is 0.207. The van der Waals surface area contributed by atoms with Crippen LogP contribution in [0.15, 0.2) is 64.6 Å². The number of fused-ring (bicyclic) bond motifs is 1. The first-order valence-electron chi connectivity index (χ1n) is 7.27. The Morgan fingerprint density at radius 3 is 2.43 bits per heavy atom. The molecule has 0 unspecified atom stereocenters. The van der Waals surface area contributed by atoms with Gasteiger partial charge in [0.2, 0.25) is 0 Å². The van der Waals surface area contributed by atoms with Crippen LogP contribution >= 0.6 is 0 Å². The van der Waals surface area contributed by atoms with Crippen LogP contribution in [-0.4, -0.2) is 11.7 Å². The van der Waals surface area contributed by atoms with E-state index in [9.17, 15) is 9.70 Å². The highest BCUT2D eigenvalue weighted by Crippen LogP contribution is 2.28. The van der Waals surface area contributed by atoms with Gasteiger partial charge in [-0.15, -0.1) is 0 Å². The molecule has 3 rings (SSSR count). The fraction of sp³-hybridized carbons (Fsp3) is 0.167. The summed E-state index contributed by atoms with van der Waals surface area (Å²) in [6.07, 6.45) is 0. The maximum atomic E-state index is 12.8. The lowest BCUT2D eigenvalue weighted by Crippen LogP contribution is -2.25. The lowest BCUT2D eigenvalue weighted by molar-refractivity contribution is 0.412. The molecule has 3 aromatic rings. The van der Waals surface area contributed by atoms with Crippen LogP contribution in [0.2, 0.25) is 0 Å². The summed E-state index contributed by atoms with van der Waals surface area (Å²) in [6, 6.07) is 17.2. The average Bonchev–Trinajstić information content (AvgIpc) is 2.60. The van der Waals surface area contributed by atoms with Crippen LogP contribution < -0.4 is 10.3 Å². The number of benzene rings is 2. The predicted molar refractivity (Wildman–Crippen MR) is 89.8 cm³/mol. The summed E-state index contributed by atoms with van der Waals surface area (Å²) in [6.45, 7) is 0.220. The molecule has 0 spiro atoms. The third-order valence-corrected chi connectivity index (χ3v) is 3.83. The van der Waals surface area contributed by atoms with Crippen LogP contribution in [0.3, 0.4) is 0 Å². The number of para-hydroxylation sites is 1. The average molecular weight is 308 g/mol. The summed E-state index contributed by atoms with van der Waals surface area (Å²) >= 11 is 0. The number of hydrogen-bond donors (Lipinski definition) is 0. The van der Waals surface area contributed by atoms with E-state index in [1.165, 1.54) is 7.11 Å². The van der Waals surface area contributed by atoms with Gasteiger partial charge in [0.1, 0.15) is 12.3 Å². The highest BCUT2D eigenvalue weighted by Gasteiger charge is 2.17.